The van der Waals surface area contributed by atoms with Gasteiger partial charge in [-0.3, -0.25) is 4.99 Å². The quantitative estimate of drug-likeness (QED) is 0.150. The van der Waals surface area contributed by atoms with Crippen LogP contribution in [0.15, 0.2) is 138 Å². The fourth-order valence-corrected chi connectivity index (χ4v) is 5.33. The summed E-state index contributed by atoms with van der Waals surface area (Å²) in [5.41, 5.74) is 7.09. The molecule has 0 amide bonds. The van der Waals surface area contributed by atoms with Crippen LogP contribution in [0.25, 0.3) is 0 Å². The van der Waals surface area contributed by atoms with Gasteiger partial charge in [0.15, 0.2) is 0 Å². The average molecular weight is 540 g/mol. The van der Waals surface area contributed by atoms with Crippen LogP contribution in [-0.2, 0) is 0 Å². The van der Waals surface area contributed by atoms with Gasteiger partial charge in [-0.15, -0.1) is 0 Å². The van der Waals surface area contributed by atoms with Gasteiger partial charge in [0, 0.05) is 17.5 Å². The van der Waals surface area contributed by atoms with Crippen molar-refractivity contribution in [3.05, 3.63) is 167 Å². The number of hydrogen-bond donors (Lipinski definition) is 1. The molecule has 0 bridgehead atoms. The van der Waals surface area contributed by atoms with Gasteiger partial charge in [-0.1, -0.05) is 121 Å². The van der Waals surface area contributed by atoms with E-state index in [2.05, 4.69) is 109 Å². The van der Waals surface area contributed by atoms with E-state index in [-0.39, 0.29) is 11.8 Å². The molecule has 0 aliphatic heterocycles. The van der Waals surface area contributed by atoms with Crippen LogP contribution in [0.2, 0.25) is 0 Å². The highest BCUT2D eigenvalue weighted by atomic mass is 16.5. The maximum Gasteiger partial charge on any atom is 0.119 e. The van der Waals surface area contributed by atoms with Crippen molar-refractivity contribution in [3.8, 4) is 5.75 Å². The summed E-state index contributed by atoms with van der Waals surface area (Å²) in [5, 5.41) is 11.0. The first-order valence-electron chi connectivity index (χ1n) is 14.1. The number of benzene rings is 5. The number of methoxy groups -OCH3 is 1. The van der Waals surface area contributed by atoms with E-state index in [1.165, 1.54) is 0 Å². The Labute approximate surface area is 243 Å². The molecule has 41 heavy (non-hydrogen) atoms. The van der Waals surface area contributed by atoms with Gasteiger partial charge in [0.25, 0.3) is 0 Å². The van der Waals surface area contributed by atoms with E-state index in [4.69, 9.17) is 9.73 Å². The predicted molar refractivity (Wildman–Crippen MR) is 170 cm³/mol. The first-order valence-corrected chi connectivity index (χ1v) is 14.1. The molecule has 0 fully saturated rings. The fraction of sp³-hybridized carbons (Fsp3) is 0.184. The highest BCUT2D eigenvalue weighted by molar-refractivity contribution is 5.92. The van der Waals surface area contributed by atoms with Crippen molar-refractivity contribution in [1.82, 2.24) is 0 Å². The molecule has 0 saturated heterocycles. The van der Waals surface area contributed by atoms with Crippen molar-refractivity contribution in [2.24, 2.45) is 4.99 Å². The van der Waals surface area contributed by atoms with E-state index >= 15 is 0 Å². The second-order valence-corrected chi connectivity index (χ2v) is 10.9. The Kier molecular flexibility index (Phi) is 8.47. The maximum atomic E-state index is 11.0. The number of aliphatic imine (C=N–C) groups is 1. The van der Waals surface area contributed by atoms with Gasteiger partial charge in [0.05, 0.1) is 18.4 Å². The van der Waals surface area contributed by atoms with E-state index in [0.717, 1.165) is 44.8 Å². The Hall–Kier alpha value is -4.47. The van der Waals surface area contributed by atoms with Gasteiger partial charge in [-0.25, -0.2) is 0 Å². The molecule has 0 saturated carbocycles. The monoisotopic (exact) mass is 539 g/mol. The summed E-state index contributed by atoms with van der Waals surface area (Å²) in [5.74, 6) is 0.558. The molecule has 5 rings (SSSR count). The first kappa shape index (κ1) is 28.1. The van der Waals surface area contributed by atoms with Gasteiger partial charge < -0.3 is 9.84 Å². The molecular formula is C38H37NO2. The van der Waals surface area contributed by atoms with Crippen molar-refractivity contribution in [3.63, 3.8) is 0 Å². The minimum Gasteiger partial charge on any atom is -0.497 e. The average Bonchev–Trinajstić information content (AvgIpc) is 3.00. The molecule has 0 atom stereocenters. The van der Waals surface area contributed by atoms with Crippen molar-refractivity contribution in [2.45, 2.75) is 38.2 Å². The van der Waals surface area contributed by atoms with Crippen LogP contribution in [0, 0.1) is 0 Å². The van der Waals surface area contributed by atoms with E-state index in [0.29, 0.717) is 5.71 Å². The highest BCUT2D eigenvalue weighted by Gasteiger charge is 2.29. The third-order valence-corrected chi connectivity index (χ3v) is 7.70. The normalized spacial score (nSPS) is 12.1. The van der Waals surface area contributed by atoms with Crippen LogP contribution in [-0.4, -0.2) is 23.5 Å². The molecule has 0 spiro atoms. The molecule has 0 aliphatic carbocycles. The van der Waals surface area contributed by atoms with Crippen molar-refractivity contribution < 1.29 is 9.84 Å². The number of hydrogen-bond acceptors (Lipinski definition) is 3. The Morgan fingerprint density at radius 3 is 1.20 bits per heavy atom. The molecular weight excluding hydrogens is 502 g/mol. The molecule has 5 aromatic carbocycles. The second kappa shape index (κ2) is 12.4. The molecule has 3 heteroatoms. The third kappa shape index (κ3) is 6.32. The number of ether oxygens (including phenoxy) is 1. The Morgan fingerprint density at radius 2 is 0.927 bits per heavy atom. The Morgan fingerprint density at radius 1 is 0.610 bits per heavy atom. The minimum atomic E-state index is -1.08. The predicted octanol–water partition coefficient (Wildman–Crippen LogP) is 8.92. The first-order chi connectivity index (χ1) is 19.9. The lowest BCUT2D eigenvalue weighted by molar-refractivity contribution is 0.153. The van der Waals surface area contributed by atoms with Crippen LogP contribution in [0.4, 0.5) is 5.69 Å². The zero-order chi connectivity index (χ0) is 28.8. The number of nitrogens with zero attached hydrogens (tertiary/aromatic N) is 1. The molecule has 1 N–H and O–H groups in total. The second-order valence-electron chi connectivity index (χ2n) is 10.9. The van der Waals surface area contributed by atoms with E-state index in [9.17, 15) is 5.11 Å². The van der Waals surface area contributed by atoms with Gasteiger partial charge in [0.2, 0.25) is 0 Å². The van der Waals surface area contributed by atoms with Crippen LogP contribution in [0.1, 0.15) is 66.0 Å². The number of rotatable bonds is 9. The van der Waals surface area contributed by atoms with Crippen LogP contribution >= 0.6 is 0 Å². The topological polar surface area (TPSA) is 41.8 Å². The minimum absolute atomic E-state index is 0.105. The lowest BCUT2D eigenvalue weighted by Crippen LogP contribution is -2.28. The highest BCUT2D eigenvalue weighted by Crippen LogP contribution is 2.47. The number of aliphatic hydroxyl groups is 1. The van der Waals surface area contributed by atoms with E-state index < -0.39 is 5.60 Å². The van der Waals surface area contributed by atoms with Gasteiger partial charge >= 0.3 is 0 Å². The van der Waals surface area contributed by atoms with Crippen molar-refractivity contribution >= 4 is 11.4 Å². The summed E-state index contributed by atoms with van der Waals surface area (Å²) in [4.78, 5) is 5.26. The van der Waals surface area contributed by atoms with Gasteiger partial charge in [-0.2, -0.15) is 0 Å². The van der Waals surface area contributed by atoms with Crippen LogP contribution < -0.4 is 4.74 Å². The van der Waals surface area contributed by atoms with Crippen LogP contribution in [0.5, 0.6) is 5.75 Å². The van der Waals surface area contributed by atoms with Gasteiger partial charge in [-0.05, 0) is 66.3 Å². The molecule has 0 aliphatic rings. The third-order valence-electron chi connectivity index (χ3n) is 7.70. The van der Waals surface area contributed by atoms with Crippen molar-refractivity contribution in [1.29, 1.82) is 0 Å². The lowest BCUT2D eigenvalue weighted by Gasteiger charge is -2.28. The van der Waals surface area contributed by atoms with E-state index in [1.54, 1.807) is 21.0 Å². The summed E-state index contributed by atoms with van der Waals surface area (Å²) in [6.07, 6.45) is 0. The van der Waals surface area contributed by atoms with Gasteiger partial charge in [0.1, 0.15) is 5.75 Å². The molecule has 3 nitrogen and oxygen atoms in total. The molecule has 0 radical (unpaired) electrons. The van der Waals surface area contributed by atoms with E-state index in [1.807, 2.05) is 31.2 Å². The molecule has 0 aromatic heterocycles. The summed E-state index contributed by atoms with van der Waals surface area (Å²) in [6.45, 7) is 5.47. The fourth-order valence-electron chi connectivity index (χ4n) is 5.33. The maximum absolute atomic E-state index is 11.0. The molecule has 5 aromatic rings. The smallest absolute Gasteiger partial charge is 0.119 e. The zero-order valence-electron chi connectivity index (χ0n) is 24.2. The molecule has 0 heterocycles. The standard InChI is InChI=1S/C38H37NO2/c1-27(38(2,3)40)39-37-33(35(28-17-9-5-10-18-28)29-19-11-6-12-20-29)25-32(41-4)26-34(37)36(30-21-13-7-14-22-30)31-23-15-8-16-24-31/h5-26,35-36,40H,1-4H3. The largest absolute Gasteiger partial charge is 0.497 e. The lowest BCUT2D eigenvalue weighted by atomic mass is 9.78. The summed E-state index contributed by atoms with van der Waals surface area (Å²) in [7, 11) is 1.72. The SMILES string of the molecule is COc1cc(C(c2ccccc2)c2ccccc2)c(N=C(C)C(C)(C)O)c(C(c2ccccc2)c2ccccc2)c1. The Bertz CT molecular complexity index is 1410. The Balaban J connectivity index is 1.90. The van der Waals surface area contributed by atoms with Crippen LogP contribution in [0.3, 0.4) is 0 Å². The van der Waals surface area contributed by atoms with Crippen molar-refractivity contribution in [2.75, 3.05) is 7.11 Å². The molecule has 0 unspecified atom stereocenters. The zero-order valence-corrected chi connectivity index (χ0v) is 24.2. The summed E-state index contributed by atoms with van der Waals surface area (Å²) < 4.78 is 5.97. The molecule has 206 valence electrons. The summed E-state index contributed by atoms with van der Waals surface area (Å²) >= 11 is 0. The summed E-state index contributed by atoms with van der Waals surface area (Å²) in [6, 6.07) is 46.3.